The smallest absolute Gasteiger partial charge is 0.278 e. The molecule has 0 aliphatic carbocycles. The van der Waals surface area contributed by atoms with E-state index in [1.54, 1.807) is 14.1 Å². The van der Waals surface area contributed by atoms with Crippen molar-refractivity contribution in [3.8, 4) is 0 Å². The van der Waals surface area contributed by atoms with Crippen molar-refractivity contribution in [1.82, 2.24) is 23.7 Å². The predicted molar refractivity (Wildman–Crippen MR) is 97.7 cm³/mol. The van der Waals surface area contributed by atoms with E-state index in [9.17, 15) is 8.42 Å². The molecule has 1 spiro atoms. The summed E-state index contributed by atoms with van der Waals surface area (Å²) < 4.78 is 36.5. The van der Waals surface area contributed by atoms with Crippen molar-refractivity contribution in [2.45, 2.75) is 37.5 Å². The highest BCUT2D eigenvalue weighted by molar-refractivity contribution is 7.87. The first-order valence-electron chi connectivity index (χ1n) is 9.44. The minimum absolute atomic E-state index is 0.0510. The van der Waals surface area contributed by atoms with E-state index >= 15 is 0 Å². The molecule has 0 aromatic carbocycles. The number of aromatic nitrogens is 2. The van der Waals surface area contributed by atoms with Crippen molar-refractivity contribution in [2.75, 3.05) is 40.3 Å². The van der Waals surface area contributed by atoms with Gasteiger partial charge in [-0.05, 0) is 25.3 Å². The highest BCUT2D eigenvalue weighted by Gasteiger charge is 2.62. The summed E-state index contributed by atoms with van der Waals surface area (Å²) in [4.78, 5) is 2.49. The Kier molecular flexibility index (Phi) is 4.85. The van der Waals surface area contributed by atoms with Crippen LogP contribution in [0.1, 0.15) is 19.3 Å². The van der Waals surface area contributed by atoms with Crippen molar-refractivity contribution >= 4 is 10.2 Å². The molecular formula is C17H29N5O3S. The quantitative estimate of drug-likeness (QED) is 0.691. The lowest BCUT2D eigenvalue weighted by molar-refractivity contribution is 0.00268. The van der Waals surface area contributed by atoms with Gasteiger partial charge in [-0.15, -0.1) is 0 Å². The Hall–Kier alpha value is -1.00. The lowest BCUT2D eigenvalue weighted by atomic mass is 9.74. The van der Waals surface area contributed by atoms with Crippen molar-refractivity contribution in [3.05, 3.63) is 18.5 Å². The molecule has 3 aliphatic heterocycles. The molecule has 1 aromatic rings. The Morgan fingerprint density at radius 3 is 2.96 bits per heavy atom. The first-order chi connectivity index (χ1) is 12.4. The van der Waals surface area contributed by atoms with Crippen molar-refractivity contribution in [2.24, 2.45) is 11.8 Å². The largest absolute Gasteiger partial charge is 0.370 e. The molecule has 4 heterocycles. The van der Waals surface area contributed by atoms with Gasteiger partial charge in [-0.2, -0.15) is 17.8 Å². The Morgan fingerprint density at radius 2 is 2.23 bits per heavy atom. The van der Waals surface area contributed by atoms with Gasteiger partial charge < -0.3 is 4.74 Å². The van der Waals surface area contributed by atoms with Crippen LogP contribution in [0.5, 0.6) is 0 Å². The number of likely N-dealkylation sites (tertiary alicyclic amines) is 1. The third-order valence-electron chi connectivity index (χ3n) is 6.26. The summed E-state index contributed by atoms with van der Waals surface area (Å²) in [5, 5.41) is 4.25. The van der Waals surface area contributed by atoms with Crippen LogP contribution in [0, 0.1) is 11.8 Å². The molecule has 8 nitrogen and oxygen atoms in total. The third-order valence-corrected chi connectivity index (χ3v) is 7.75. The van der Waals surface area contributed by atoms with E-state index < -0.39 is 10.2 Å². The van der Waals surface area contributed by atoms with Gasteiger partial charge in [-0.25, -0.2) is 4.72 Å². The Labute approximate surface area is 155 Å². The molecule has 26 heavy (non-hydrogen) atoms. The molecule has 3 saturated heterocycles. The summed E-state index contributed by atoms with van der Waals surface area (Å²) >= 11 is 0. The number of hydrogen-bond donors (Lipinski definition) is 1. The van der Waals surface area contributed by atoms with Crippen molar-refractivity contribution in [1.29, 1.82) is 0 Å². The Morgan fingerprint density at radius 1 is 1.38 bits per heavy atom. The van der Waals surface area contributed by atoms with E-state index in [0.717, 1.165) is 45.4 Å². The fourth-order valence-electron chi connectivity index (χ4n) is 4.95. The predicted octanol–water partition coefficient (Wildman–Crippen LogP) is 0.149. The molecule has 0 saturated carbocycles. The maximum Gasteiger partial charge on any atom is 0.278 e. The lowest BCUT2D eigenvalue weighted by Crippen LogP contribution is -2.44. The van der Waals surface area contributed by atoms with Gasteiger partial charge in [0, 0.05) is 71.0 Å². The second-order valence-electron chi connectivity index (χ2n) is 8.02. The zero-order valence-electron chi connectivity index (χ0n) is 15.5. The number of rotatable bonds is 8. The fourth-order valence-corrected chi connectivity index (χ4v) is 5.61. The summed E-state index contributed by atoms with van der Waals surface area (Å²) in [6, 6.07) is 1.95. The van der Waals surface area contributed by atoms with Gasteiger partial charge in [-0.3, -0.25) is 9.58 Å². The molecule has 9 heteroatoms. The summed E-state index contributed by atoms with van der Waals surface area (Å²) in [6.45, 7) is 4.41. The summed E-state index contributed by atoms with van der Waals surface area (Å²) in [6.07, 6.45) is 7.23. The van der Waals surface area contributed by atoms with Gasteiger partial charge in [0.1, 0.15) is 0 Å². The van der Waals surface area contributed by atoms with E-state index in [1.807, 2.05) is 23.1 Å². The van der Waals surface area contributed by atoms with Crippen LogP contribution < -0.4 is 4.72 Å². The molecule has 1 N–H and O–H groups in total. The summed E-state index contributed by atoms with van der Waals surface area (Å²) in [5.74, 6) is 0.699. The molecule has 0 radical (unpaired) electrons. The van der Waals surface area contributed by atoms with Crippen molar-refractivity contribution < 1.29 is 13.2 Å². The van der Waals surface area contributed by atoms with Crippen LogP contribution in [0.15, 0.2) is 18.5 Å². The maximum atomic E-state index is 12.1. The zero-order valence-corrected chi connectivity index (χ0v) is 16.4. The van der Waals surface area contributed by atoms with Crippen LogP contribution in [0.25, 0.3) is 0 Å². The van der Waals surface area contributed by atoms with Gasteiger partial charge in [0.25, 0.3) is 10.2 Å². The van der Waals surface area contributed by atoms with E-state index in [1.165, 1.54) is 4.31 Å². The first kappa shape index (κ1) is 18.4. The van der Waals surface area contributed by atoms with Crippen LogP contribution in [0.3, 0.4) is 0 Å². The lowest BCUT2D eigenvalue weighted by Gasteiger charge is -2.29. The topological polar surface area (TPSA) is 79.7 Å². The molecular weight excluding hydrogens is 354 g/mol. The number of hydrogen-bond acceptors (Lipinski definition) is 5. The Balaban J connectivity index is 1.34. The van der Waals surface area contributed by atoms with E-state index in [4.69, 9.17) is 4.74 Å². The molecule has 146 valence electrons. The minimum Gasteiger partial charge on any atom is -0.370 e. The number of nitrogens with one attached hydrogen (secondary N) is 1. The molecule has 3 aliphatic rings. The van der Waals surface area contributed by atoms with Gasteiger partial charge in [-0.1, -0.05) is 0 Å². The number of nitrogens with zero attached hydrogens (tertiary/aromatic N) is 4. The average molecular weight is 384 g/mol. The van der Waals surface area contributed by atoms with Crippen LogP contribution in [0.2, 0.25) is 0 Å². The van der Waals surface area contributed by atoms with E-state index in [0.29, 0.717) is 12.5 Å². The highest BCUT2D eigenvalue weighted by atomic mass is 32.2. The molecule has 4 rings (SSSR count). The van der Waals surface area contributed by atoms with Gasteiger partial charge in [0.15, 0.2) is 0 Å². The van der Waals surface area contributed by atoms with Gasteiger partial charge >= 0.3 is 0 Å². The fraction of sp³-hybridized carbons (Fsp3) is 0.824. The third kappa shape index (κ3) is 3.31. The number of aryl methyl sites for hydroxylation is 1. The minimum atomic E-state index is -3.38. The normalized spacial score (nSPS) is 34.0. The monoisotopic (exact) mass is 383 g/mol. The Bertz CT molecular complexity index is 723. The molecule has 0 amide bonds. The standard InChI is InChI=1S/C17H29N5O3S/c1-20(2)26(23,24)19-11-14-15-12-21(8-4-10-22-9-3-7-18-22)13-17(15)6-5-16(14)25-17/h3,7,9,14-16,19H,4-6,8,10-13H2,1-2H3/t14-,15+,16+,17+/m0/s1. The number of fused-ring (bicyclic) bond motifs is 1. The van der Waals surface area contributed by atoms with E-state index in [2.05, 4.69) is 14.7 Å². The molecule has 3 fully saturated rings. The maximum absolute atomic E-state index is 12.1. The van der Waals surface area contributed by atoms with Crippen LogP contribution in [0.4, 0.5) is 0 Å². The number of ether oxygens (including phenoxy) is 1. The molecule has 0 unspecified atom stereocenters. The second kappa shape index (κ2) is 6.87. The van der Waals surface area contributed by atoms with Crippen LogP contribution in [-0.2, 0) is 21.5 Å². The zero-order chi connectivity index (χ0) is 18.4. The first-order valence-corrected chi connectivity index (χ1v) is 10.9. The van der Waals surface area contributed by atoms with Gasteiger partial charge in [0.2, 0.25) is 0 Å². The molecule has 1 aromatic heterocycles. The second-order valence-corrected chi connectivity index (χ2v) is 9.99. The average Bonchev–Trinajstić information content (AvgIpc) is 3.33. The SMILES string of the molecule is CN(C)S(=O)(=O)NC[C@H]1[C@H]2CN(CCCn3cccn3)C[C@]23CC[C@H]1O3. The highest BCUT2D eigenvalue weighted by Crippen LogP contribution is 2.54. The van der Waals surface area contributed by atoms with Crippen molar-refractivity contribution in [3.63, 3.8) is 0 Å². The molecule has 4 atom stereocenters. The van der Waals surface area contributed by atoms with Gasteiger partial charge in [0.05, 0.1) is 11.7 Å². The van der Waals surface area contributed by atoms with Crippen LogP contribution in [-0.4, -0.2) is 79.4 Å². The summed E-state index contributed by atoms with van der Waals surface area (Å²) in [7, 11) is -0.275. The summed E-state index contributed by atoms with van der Waals surface area (Å²) in [5.41, 5.74) is -0.0510. The van der Waals surface area contributed by atoms with E-state index in [-0.39, 0.29) is 17.6 Å². The molecule has 2 bridgehead atoms. The van der Waals surface area contributed by atoms with Crippen LogP contribution >= 0.6 is 0 Å².